The largest absolute Gasteiger partial charge is 0.479 e. The highest BCUT2D eigenvalue weighted by Crippen LogP contribution is 2.72. The van der Waals surface area contributed by atoms with E-state index in [1.165, 1.54) is 22.3 Å². The number of aryl methyl sites for hydroxylation is 1. The van der Waals surface area contributed by atoms with Gasteiger partial charge in [-0.2, -0.15) is 13.5 Å². The average Bonchev–Trinajstić information content (AvgIpc) is 1.10. The molecule has 8 atom stereocenters. The van der Waals surface area contributed by atoms with Crippen LogP contribution >= 0.6 is 11.3 Å². The Hall–Kier alpha value is -7.50. The molecule has 24 nitrogen and oxygen atoms in total. The van der Waals surface area contributed by atoms with Gasteiger partial charge < -0.3 is 60.4 Å². The van der Waals surface area contributed by atoms with Gasteiger partial charge in [0.15, 0.2) is 16.9 Å². The summed E-state index contributed by atoms with van der Waals surface area (Å²) < 4.78 is 58.6. The second kappa shape index (κ2) is 25.9. The molecule has 1 aliphatic heterocycles. The molecule has 2 unspecified atom stereocenters. The maximum atomic E-state index is 13.8. The number of pyridine rings is 1. The first kappa shape index (κ1) is 65.0. The second-order valence-corrected chi connectivity index (χ2v) is 28.6. The number of carbonyl (C=O) groups excluding carboxylic acids is 2. The van der Waals surface area contributed by atoms with Gasteiger partial charge in [-0.3, -0.25) is 19.3 Å². The van der Waals surface area contributed by atoms with E-state index < -0.39 is 76.3 Å². The number of likely N-dealkylation sites (N-methyl/N-ethyl adjacent to an activating group) is 1. The average molecular weight is 1290 g/mol. The van der Waals surface area contributed by atoms with Crippen LogP contribution in [0.1, 0.15) is 103 Å². The number of carboxylic acids is 2. The highest BCUT2D eigenvalue weighted by molar-refractivity contribution is 7.85. The lowest BCUT2D eigenvalue weighted by Crippen LogP contribution is -2.64. The van der Waals surface area contributed by atoms with Gasteiger partial charge in [0.2, 0.25) is 6.29 Å². The van der Waals surface area contributed by atoms with Crippen LogP contribution in [0.25, 0.3) is 43.4 Å². The number of aliphatic hydroxyl groups excluding tert-OH is 3. The SMILES string of the molecule is Cc1c(-c2ccc(-c3ccc4cccc(C(=O)Nc5nc6ccccc6s5)c4c3)nc2C(=O)O)cnn1CC12CC3(C)CC(C)(C1)CC(OCCN(C)C(=O)OCc1ccc(O[C@@H]4O[C@H](C(=O)O)[C@@H](O)[C@H](O)[C@H]4O)cc1CCCCNC[C@@H](N)CS(=O)(=O)O)(C3)C2. The lowest BCUT2D eigenvalue weighted by atomic mass is 9.39. The van der Waals surface area contributed by atoms with E-state index in [1.54, 1.807) is 43.6 Å². The number of hydrogen-bond acceptors (Lipinski definition) is 19. The van der Waals surface area contributed by atoms with Gasteiger partial charge in [0, 0.05) is 60.7 Å². The number of carboxylic acid groups (broad SMARTS) is 2. The van der Waals surface area contributed by atoms with Gasteiger partial charge >= 0.3 is 18.0 Å². The third-order valence-electron chi connectivity index (χ3n) is 18.2. The molecule has 5 fully saturated rings. The number of hydrogen-bond donors (Lipinski definition) is 9. The van der Waals surface area contributed by atoms with Crippen LogP contribution < -0.4 is 21.1 Å². The molecule has 4 heterocycles. The predicted molar refractivity (Wildman–Crippen MR) is 337 cm³/mol. The van der Waals surface area contributed by atoms with E-state index in [2.05, 4.69) is 29.5 Å². The van der Waals surface area contributed by atoms with E-state index in [-0.39, 0.29) is 59.9 Å². The van der Waals surface area contributed by atoms with Gasteiger partial charge in [0.1, 0.15) is 30.7 Å². The molecule has 7 aromatic rings. The number of benzene rings is 4. The third kappa shape index (κ3) is 14.4. The third-order valence-corrected chi connectivity index (χ3v) is 20.0. The number of fused-ring (bicyclic) bond motifs is 2. The summed E-state index contributed by atoms with van der Waals surface area (Å²) >= 11 is 1.39. The molecule has 4 aliphatic carbocycles. The zero-order valence-electron chi connectivity index (χ0n) is 50.9. The van der Waals surface area contributed by atoms with Gasteiger partial charge in [-0.25, -0.2) is 24.4 Å². The number of aliphatic hydroxyl groups is 3. The summed E-state index contributed by atoms with van der Waals surface area (Å²) in [6.45, 7) is 8.18. The Labute approximate surface area is 529 Å². The zero-order chi connectivity index (χ0) is 64.8. The van der Waals surface area contributed by atoms with Crippen LogP contribution in [0.5, 0.6) is 5.75 Å². The topological polar surface area (TPSA) is 358 Å². The molecular weight excluding hydrogens is 1210 g/mol. The number of nitrogens with one attached hydrogen (secondary N) is 2. The maximum absolute atomic E-state index is 13.8. The van der Waals surface area contributed by atoms with Crippen molar-refractivity contribution in [2.75, 3.05) is 44.4 Å². The van der Waals surface area contributed by atoms with E-state index in [0.29, 0.717) is 81.9 Å². The number of ether oxygens (including phenoxy) is 4. The predicted octanol–water partition coefficient (Wildman–Crippen LogP) is 7.44. The number of carbonyl (C=O) groups is 4. The van der Waals surface area contributed by atoms with Crippen LogP contribution in [0.2, 0.25) is 0 Å². The number of aliphatic carboxylic acids is 1. The molecule has 0 radical (unpaired) electrons. The van der Waals surface area contributed by atoms with Crippen molar-refractivity contribution < 1.29 is 76.6 Å². The molecular formula is C65H76N8O16S2. The Kier molecular flexibility index (Phi) is 18.5. The van der Waals surface area contributed by atoms with Crippen LogP contribution in [0.15, 0.2) is 97.2 Å². The molecule has 12 rings (SSSR count). The van der Waals surface area contributed by atoms with Gasteiger partial charge in [-0.1, -0.05) is 67.6 Å². The number of nitrogens with two attached hydrogens (primary N) is 1. The molecule has 4 saturated carbocycles. The minimum Gasteiger partial charge on any atom is -0.479 e. The van der Waals surface area contributed by atoms with E-state index in [1.807, 2.05) is 66.2 Å². The molecule has 1 saturated heterocycles. The van der Waals surface area contributed by atoms with Crippen molar-refractivity contribution in [1.29, 1.82) is 0 Å². The van der Waals surface area contributed by atoms with E-state index in [4.69, 9.17) is 39.3 Å². The van der Waals surface area contributed by atoms with Crippen molar-refractivity contribution >= 4 is 71.5 Å². The van der Waals surface area contributed by atoms with Crippen LogP contribution in [-0.2, 0) is 48.7 Å². The van der Waals surface area contributed by atoms with Gasteiger partial charge in [0.25, 0.3) is 16.0 Å². The molecule has 0 spiro atoms. The fraction of sp³-hybridized carbons (Fsp3) is 0.462. The Morgan fingerprint density at radius 2 is 1.64 bits per heavy atom. The number of amides is 2. The van der Waals surface area contributed by atoms with Crippen LogP contribution in [0.4, 0.5) is 9.93 Å². The Morgan fingerprint density at radius 1 is 0.868 bits per heavy atom. The van der Waals surface area contributed by atoms with Crippen molar-refractivity contribution in [3.05, 3.63) is 125 Å². The molecule has 3 aromatic heterocycles. The molecule has 484 valence electrons. The van der Waals surface area contributed by atoms with Gasteiger partial charge in [0.05, 0.1) is 40.1 Å². The zero-order valence-corrected chi connectivity index (χ0v) is 52.5. The van der Waals surface area contributed by atoms with E-state index in [9.17, 15) is 53.1 Å². The quantitative estimate of drug-likeness (QED) is 0.0198. The number of rotatable bonds is 25. The molecule has 91 heavy (non-hydrogen) atoms. The summed E-state index contributed by atoms with van der Waals surface area (Å²) in [6, 6.07) is 26.3. The summed E-state index contributed by atoms with van der Waals surface area (Å²) in [5.41, 5.74) is 10.5. The monoisotopic (exact) mass is 1290 g/mol. The van der Waals surface area contributed by atoms with Gasteiger partial charge in [-0.15, -0.1) is 0 Å². The molecule has 10 N–H and O–H groups in total. The lowest BCUT2D eigenvalue weighted by Gasteiger charge is -2.69. The Balaban J connectivity index is 0.736. The number of nitrogens with zero attached hydrogens (tertiary/aromatic N) is 5. The van der Waals surface area contributed by atoms with E-state index >= 15 is 0 Å². The summed E-state index contributed by atoms with van der Waals surface area (Å²) in [6.07, 6.45) is -0.909. The van der Waals surface area contributed by atoms with Gasteiger partial charge in [-0.05, 0) is 158 Å². The summed E-state index contributed by atoms with van der Waals surface area (Å²) in [4.78, 5) is 63.1. The highest BCUT2D eigenvalue weighted by Gasteiger charge is 2.66. The number of thiazole rings is 1. The maximum Gasteiger partial charge on any atom is 0.409 e. The summed E-state index contributed by atoms with van der Waals surface area (Å²) in [7, 11) is -2.60. The number of aromatic nitrogens is 4. The minimum absolute atomic E-state index is 0.0277. The van der Waals surface area contributed by atoms with Crippen LogP contribution in [0.3, 0.4) is 0 Å². The smallest absolute Gasteiger partial charge is 0.409 e. The Morgan fingerprint density at radius 3 is 2.37 bits per heavy atom. The van der Waals surface area contributed by atoms with Crippen molar-refractivity contribution in [2.24, 2.45) is 22.0 Å². The van der Waals surface area contributed by atoms with E-state index in [0.717, 1.165) is 59.8 Å². The van der Waals surface area contributed by atoms with Crippen molar-refractivity contribution in [1.82, 2.24) is 30.0 Å². The molecule has 4 aromatic carbocycles. The molecule has 4 bridgehead atoms. The summed E-state index contributed by atoms with van der Waals surface area (Å²) in [5, 5.41) is 64.4. The number of para-hydroxylation sites is 1. The van der Waals surface area contributed by atoms with Crippen molar-refractivity contribution in [3.8, 4) is 28.1 Å². The standard InChI is InChI=1S/C65H76N8O16S2/c1-37-47(44-19-20-48(69-51(44)57(78)79)40-16-15-38-11-9-12-45(46(38)25-40)56(77)71-60-70-49-13-5-6-14-50(49)90-60)27-68-73(37)36-64-31-62(2)30-63(3,32-64)34-65(33-62,35-64)87-23-22-72(4)61(82)86-28-41-17-18-43(88-59-54(76)52(74)53(75)55(89-59)58(80)81)24-39(41)10-7-8-21-67-26-42(66)29-91(83,84)85/h5-6,9,11-20,24-25,27,42,52-55,59,67,74-76H,7-8,10,21-23,26,28-36,66H2,1-4H3,(H,78,79)(H,80,81)(H,70,71,77)(H,83,84,85)/t42-,52+,53+,54-,55+,59-,62?,63?,64?,65?/m1/s1. The molecule has 5 aliphatic rings. The van der Waals surface area contributed by atoms with Crippen molar-refractivity contribution in [2.45, 2.75) is 134 Å². The first-order valence-electron chi connectivity index (χ1n) is 30.3. The normalized spacial score (nSPS) is 25.6. The first-order chi connectivity index (χ1) is 43.2. The van der Waals surface area contributed by atoms with Crippen LogP contribution in [0, 0.1) is 23.2 Å². The molecule has 2 amide bonds. The lowest BCUT2D eigenvalue weighted by molar-refractivity contribution is -0.271. The Bertz CT molecular complexity index is 3980. The highest BCUT2D eigenvalue weighted by atomic mass is 32.2. The first-order valence-corrected chi connectivity index (χ1v) is 32.7. The fourth-order valence-electron chi connectivity index (χ4n) is 15.3. The fourth-order valence-corrected chi connectivity index (χ4v) is 16.8. The number of anilines is 1. The minimum atomic E-state index is -4.24. The number of unbranched alkanes of at least 4 members (excludes halogenated alkanes) is 1. The van der Waals surface area contributed by atoms with Crippen molar-refractivity contribution in [3.63, 3.8) is 0 Å². The summed E-state index contributed by atoms with van der Waals surface area (Å²) in [5.74, 6) is -3.53. The van der Waals surface area contributed by atoms with Crippen LogP contribution in [-0.4, -0.2) is 168 Å². The molecule has 26 heteroatoms. The number of aromatic carboxylic acids is 1. The second-order valence-electron chi connectivity index (χ2n) is 26.0.